The number of hydrogen-bond donors (Lipinski definition) is 1. The first kappa shape index (κ1) is 16.5. The Kier molecular flexibility index (Phi) is 4.22. The van der Waals surface area contributed by atoms with E-state index in [1.165, 1.54) is 20.2 Å². The van der Waals surface area contributed by atoms with Gasteiger partial charge in [0.25, 0.3) is 10.0 Å². The molecule has 1 atom stereocenters. The third kappa shape index (κ3) is 3.65. The first-order valence-corrected chi connectivity index (χ1v) is 9.77. The van der Waals surface area contributed by atoms with E-state index in [0.29, 0.717) is 12.2 Å². The van der Waals surface area contributed by atoms with Gasteiger partial charge in [-0.1, -0.05) is 0 Å². The van der Waals surface area contributed by atoms with Crippen molar-refractivity contribution in [2.24, 2.45) is 0 Å². The van der Waals surface area contributed by atoms with Crippen LogP contribution < -0.4 is 5.32 Å². The van der Waals surface area contributed by atoms with Gasteiger partial charge in [-0.25, -0.2) is 21.1 Å². The standard InChI is InChI=1S/C12H20N2O5S2/c1-12(6-7-20(15,16)9-12)13-8-10-4-5-11(19-10)21(17,18)14(2)3/h4-5,13H,6-9H2,1-3H3. The Hall–Kier alpha value is -0.900. The molecule has 0 aromatic carbocycles. The quantitative estimate of drug-likeness (QED) is 0.825. The predicted molar refractivity (Wildman–Crippen MR) is 78.1 cm³/mol. The summed E-state index contributed by atoms with van der Waals surface area (Å²) in [6, 6.07) is 2.98. The van der Waals surface area contributed by atoms with Crippen LogP contribution in [0.2, 0.25) is 0 Å². The molecule has 1 aromatic heterocycles. The fourth-order valence-corrected chi connectivity index (χ4v) is 5.16. The molecule has 0 amide bonds. The smallest absolute Gasteiger partial charge is 0.275 e. The number of rotatable bonds is 5. The van der Waals surface area contributed by atoms with Crippen LogP contribution in [0.15, 0.2) is 21.6 Å². The summed E-state index contributed by atoms with van der Waals surface area (Å²) in [4.78, 5) is 0. The molecule has 2 rings (SSSR count). The Bertz CT molecular complexity index is 721. The number of hydrogen-bond acceptors (Lipinski definition) is 6. The number of sulfonamides is 1. The van der Waals surface area contributed by atoms with Gasteiger partial charge in [0, 0.05) is 19.6 Å². The van der Waals surface area contributed by atoms with Crippen molar-refractivity contribution in [3.63, 3.8) is 0 Å². The summed E-state index contributed by atoms with van der Waals surface area (Å²) < 4.78 is 53.2. The maximum atomic E-state index is 11.9. The van der Waals surface area contributed by atoms with Crippen LogP contribution in [-0.2, 0) is 26.4 Å². The van der Waals surface area contributed by atoms with Crippen molar-refractivity contribution < 1.29 is 21.3 Å². The molecule has 0 saturated carbocycles. The van der Waals surface area contributed by atoms with Crippen molar-refractivity contribution in [3.05, 3.63) is 17.9 Å². The van der Waals surface area contributed by atoms with Crippen LogP contribution in [0, 0.1) is 0 Å². The van der Waals surface area contributed by atoms with E-state index >= 15 is 0 Å². The van der Waals surface area contributed by atoms with Gasteiger partial charge in [-0.3, -0.25) is 0 Å². The Balaban J connectivity index is 2.05. The lowest BCUT2D eigenvalue weighted by Crippen LogP contribution is -2.42. The van der Waals surface area contributed by atoms with E-state index in [0.717, 1.165) is 4.31 Å². The van der Waals surface area contributed by atoms with E-state index in [1.54, 1.807) is 6.07 Å². The molecule has 1 aliphatic heterocycles. The van der Waals surface area contributed by atoms with Gasteiger partial charge >= 0.3 is 0 Å². The highest BCUT2D eigenvalue weighted by Crippen LogP contribution is 2.24. The highest BCUT2D eigenvalue weighted by molar-refractivity contribution is 7.91. The molecule has 0 spiro atoms. The van der Waals surface area contributed by atoms with E-state index in [2.05, 4.69) is 5.32 Å². The first-order chi connectivity index (χ1) is 9.54. The van der Waals surface area contributed by atoms with Gasteiger partial charge in [0.15, 0.2) is 9.84 Å². The zero-order valence-corrected chi connectivity index (χ0v) is 13.9. The molecule has 0 aliphatic carbocycles. The van der Waals surface area contributed by atoms with Crippen molar-refractivity contribution in [1.82, 2.24) is 9.62 Å². The van der Waals surface area contributed by atoms with Crippen molar-refractivity contribution >= 4 is 19.9 Å². The van der Waals surface area contributed by atoms with Crippen LogP contribution in [0.4, 0.5) is 0 Å². The Morgan fingerprint density at radius 3 is 2.57 bits per heavy atom. The van der Waals surface area contributed by atoms with Crippen LogP contribution in [0.3, 0.4) is 0 Å². The molecule has 1 aliphatic rings. The Morgan fingerprint density at radius 1 is 1.38 bits per heavy atom. The summed E-state index contributed by atoms with van der Waals surface area (Å²) in [6.45, 7) is 2.13. The summed E-state index contributed by atoms with van der Waals surface area (Å²) in [5.41, 5.74) is -0.494. The molecule has 21 heavy (non-hydrogen) atoms. The lowest BCUT2D eigenvalue weighted by Gasteiger charge is -2.23. The molecule has 7 nitrogen and oxygen atoms in total. The SMILES string of the molecule is CN(C)S(=O)(=O)c1ccc(CNC2(C)CCS(=O)(=O)C2)o1. The average molecular weight is 336 g/mol. The fraction of sp³-hybridized carbons (Fsp3) is 0.667. The minimum atomic E-state index is -3.58. The lowest BCUT2D eigenvalue weighted by atomic mass is 10.0. The molecule has 0 radical (unpaired) electrons. The molecule has 1 aromatic rings. The summed E-state index contributed by atoms with van der Waals surface area (Å²) in [5.74, 6) is 0.722. The van der Waals surface area contributed by atoms with Gasteiger partial charge in [0.2, 0.25) is 5.09 Å². The highest BCUT2D eigenvalue weighted by Gasteiger charge is 2.38. The molecule has 1 unspecified atom stereocenters. The van der Waals surface area contributed by atoms with Crippen LogP contribution in [-0.4, -0.2) is 52.3 Å². The summed E-state index contributed by atoms with van der Waals surface area (Å²) >= 11 is 0. The third-order valence-electron chi connectivity index (χ3n) is 3.56. The predicted octanol–water partition coefficient (Wildman–Crippen LogP) is 0.197. The molecule has 0 bridgehead atoms. The van der Waals surface area contributed by atoms with Crippen LogP contribution in [0.25, 0.3) is 0 Å². The van der Waals surface area contributed by atoms with Gasteiger partial charge < -0.3 is 9.73 Å². The third-order valence-corrected chi connectivity index (χ3v) is 7.16. The van der Waals surface area contributed by atoms with Crippen molar-refractivity contribution in [1.29, 1.82) is 0 Å². The van der Waals surface area contributed by atoms with Crippen molar-refractivity contribution in [2.45, 2.75) is 30.5 Å². The number of sulfone groups is 1. The molecule has 1 saturated heterocycles. The largest absolute Gasteiger partial charge is 0.447 e. The lowest BCUT2D eigenvalue weighted by molar-refractivity contribution is 0.344. The molecular formula is C12H20N2O5S2. The van der Waals surface area contributed by atoms with Crippen molar-refractivity contribution in [3.8, 4) is 0 Å². The second-order valence-electron chi connectivity index (χ2n) is 5.76. The van der Waals surface area contributed by atoms with E-state index in [-0.39, 0.29) is 23.1 Å². The maximum Gasteiger partial charge on any atom is 0.275 e. The first-order valence-electron chi connectivity index (χ1n) is 6.51. The van der Waals surface area contributed by atoms with Crippen LogP contribution in [0.5, 0.6) is 0 Å². The Morgan fingerprint density at radius 2 is 2.05 bits per heavy atom. The van der Waals surface area contributed by atoms with E-state index in [4.69, 9.17) is 4.42 Å². The Labute approximate surface area is 125 Å². The maximum absolute atomic E-state index is 11.9. The van der Waals surface area contributed by atoms with Gasteiger partial charge in [-0.15, -0.1) is 0 Å². The molecule has 120 valence electrons. The van der Waals surface area contributed by atoms with Gasteiger partial charge in [0.05, 0.1) is 18.1 Å². The van der Waals surface area contributed by atoms with Crippen molar-refractivity contribution in [2.75, 3.05) is 25.6 Å². The van der Waals surface area contributed by atoms with Gasteiger partial charge in [-0.2, -0.15) is 0 Å². The second kappa shape index (κ2) is 5.38. The van der Waals surface area contributed by atoms with Crippen LogP contribution >= 0.6 is 0 Å². The molecule has 1 N–H and O–H groups in total. The molecular weight excluding hydrogens is 316 g/mol. The van der Waals surface area contributed by atoms with Gasteiger partial charge in [0.1, 0.15) is 5.76 Å². The summed E-state index contributed by atoms with van der Waals surface area (Å²) in [5, 5.41) is 3.03. The van der Waals surface area contributed by atoms with E-state index in [9.17, 15) is 16.8 Å². The summed E-state index contributed by atoms with van der Waals surface area (Å²) in [7, 11) is -3.71. The number of nitrogens with one attached hydrogen (secondary N) is 1. The molecule has 9 heteroatoms. The number of nitrogens with zero attached hydrogens (tertiary/aromatic N) is 1. The summed E-state index contributed by atoms with van der Waals surface area (Å²) in [6.07, 6.45) is 0.541. The van der Waals surface area contributed by atoms with Crippen LogP contribution in [0.1, 0.15) is 19.1 Å². The topological polar surface area (TPSA) is 96.7 Å². The van der Waals surface area contributed by atoms with Gasteiger partial charge in [-0.05, 0) is 25.5 Å². The molecule has 2 heterocycles. The van der Waals surface area contributed by atoms with E-state index in [1.807, 2.05) is 6.92 Å². The minimum absolute atomic E-state index is 0.0869. The zero-order valence-electron chi connectivity index (χ0n) is 12.3. The molecule has 1 fully saturated rings. The monoisotopic (exact) mass is 336 g/mol. The highest BCUT2D eigenvalue weighted by atomic mass is 32.2. The fourth-order valence-electron chi connectivity index (χ4n) is 2.22. The number of furan rings is 1. The van der Waals surface area contributed by atoms with E-state index < -0.39 is 25.4 Å². The normalized spacial score (nSPS) is 25.5. The second-order valence-corrected chi connectivity index (χ2v) is 10.0. The average Bonchev–Trinajstić information content (AvgIpc) is 2.92. The minimum Gasteiger partial charge on any atom is -0.447 e. The zero-order chi connectivity index (χ0) is 15.9.